The maximum Gasteiger partial charge on any atom is 0.320 e. The van der Waals surface area contributed by atoms with Crippen molar-refractivity contribution < 1.29 is 4.79 Å². The summed E-state index contributed by atoms with van der Waals surface area (Å²) in [7, 11) is 0. The minimum absolute atomic E-state index is 0.0653. The van der Waals surface area contributed by atoms with E-state index in [0.29, 0.717) is 5.82 Å². The van der Waals surface area contributed by atoms with E-state index in [4.69, 9.17) is 0 Å². The molecule has 0 unspecified atom stereocenters. The van der Waals surface area contributed by atoms with Crippen molar-refractivity contribution in [1.82, 2.24) is 30.0 Å². The molecular formula is C15H23N7O. The fourth-order valence-electron chi connectivity index (χ4n) is 2.80. The van der Waals surface area contributed by atoms with Crippen molar-refractivity contribution in [2.45, 2.75) is 39.3 Å². The number of nitrogens with zero attached hydrogens (tertiary/aromatic N) is 5. The molecule has 1 aliphatic heterocycles. The predicted octanol–water partition coefficient (Wildman–Crippen LogP) is 1.45. The molecule has 0 aliphatic carbocycles. The molecule has 3 rings (SSSR count). The van der Waals surface area contributed by atoms with Gasteiger partial charge in [0.05, 0.1) is 18.1 Å². The summed E-state index contributed by atoms with van der Waals surface area (Å²) in [5, 5.41) is 10.7. The number of anilines is 1. The molecule has 1 fully saturated rings. The van der Waals surface area contributed by atoms with Gasteiger partial charge in [0.2, 0.25) is 0 Å². The third kappa shape index (κ3) is 3.76. The van der Waals surface area contributed by atoms with Gasteiger partial charge in [0, 0.05) is 12.6 Å². The van der Waals surface area contributed by atoms with Gasteiger partial charge in [-0.1, -0.05) is 0 Å². The second kappa shape index (κ2) is 6.91. The molecule has 124 valence electrons. The lowest BCUT2D eigenvalue weighted by Crippen LogP contribution is -2.34. The highest BCUT2D eigenvalue weighted by Crippen LogP contribution is 2.18. The molecule has 1 saturated heterocycles. The first-order valence-electron chi connectivity index (χ1n) is 8.10. The van der Waals surface area contributed by atoms with Crippen LogP contribution in [0.25, 0.3) is 11.0 Å². The third-order valence-corrected chi connectivity index (χ3v) is 3.91. The molecule has 0 spiro atoms. The lowest BCUT2D eigenvalue weighted by Gasteiger charge is -2.14. The van der Waals surface area contributed by atoms with E-state index in [1.54, 1.807) is 6.20 Å². The molecule has 0 saturated carbocycles. The van der Waals surface area contributed by atoms with Crippen molar-refractivity contribution in [2.24, 2.45) is 0 Å². The molecule has 2 N–H and O–H groups in total. The second-order valence-electron chi connectivity index (χ2n) is 6.13. The number of carbonyl (C=O) groups excluding carboxylic acids is 1. The maximum absolute atomic E-state index is 11.9. The van der Waals surface area contributed by atoms with E-state index in [1.807, 2.05) is 18.5 Å². The van der Waals surface area contributed by atoms with Gasteiger partial charge in [0.25, 0.3) is 0 Å². The number of urea groups is 1. The van der Waals surface area contributed by atoms with Crippen LogP contribution in [0.2, 0.25) is 0 Å². The van der Waals surface area contributed by atoms with E-state index in [9.17, 15) is 4.79 Å². The summed E-state index contributed by atoms with van der Waals surface area (Å²) in [6.07, 6.45) is 5.73. The van der Waals surface area contributed by atoms with Crippen molar-refractivity contribution in [3.63, 3.8) is 0 Å². The predicted molar refractivity (Wildman–Crippen MR) is 88.3 cm³/mol. The van der Waals surface area contributed by atoms with Crippen LogP contribution in [-0.2, 0) is 6.54 Å². The first-order chi connectivity index (χ1) is 11.1. The number of likely N-dealkylation sites (tertiary alicyclic amines) is 1. The molecule has 0 atom stereocenters. The van der Waals surface area contributed by atoms with Gasteiger partial charge in [-0.3, -0.25) is 5.32 Å². The maximum atomic E-state index is 11.9. The smallest absolute Gasteiger partial charge is 0.320 e. The fourth-order valence-corrected chi connectivity index (χ4v) is 2.80. The molecule has 3 heterocycles. The van der Waals surface area contributed by atoms with E-state index < -0.39 is 0 Å². The summed E-state index contributed by atoms with van der Waals surface area (Å²) in [6.45, 7) is 7.90. The number of amides is 2. The van der Waals surface area contributed by atoms with Gasteiger partial charge >= 0.3 is 6.03 Å². The van der Waals surface area contributed by atoms with E-state index >= 15 is 0 Å². The molecule has 2 aromatic rings. The Morgan fingerprint density at radius 2 is 2.04 bits per heavy atom. The molecular weight excluding hydrogens is 294 g/mol. The minimum atomic E-state index is -0.273. The van der Waals surface area contributed by atoms with Crippen LogP contribution in [0.1, 0.15) is 26.7 Å². The van der Waals surface area contributed by atoms with E-state index in [2.05, 4.69) is 30.6 Å². The van der Waals surface area contributed by atoms with Crippen LogP contribution in [0.5, 0.6) is 0 Å². The summed E-state index contributed by atoms with van der Waals surface area (Å²) in [4.78, 5) is 22.8. The van der Waals surface area contributed by atoms with Crippen molar-refractivity contribution in [3.05, 3.63) is 12.5 Å². The summed E-state index contributed by atoms with van der Waals surface area (Å²) in [5.41, 5.74) is 0.749. The number of nitrogens with one attached hydrogen (secondary N) is 2. The Bertz CT molecular complexity index is 676. The standard InChI is InChI=1S/C15H23N7O/c1-11(2)19-15(23)20-13-12-9-18-22(14(12)17-10-16-13)8-7-21-5-3-4-6-21/h9-11H,3-8H2,1-2H3,(H2,16,17,19,20,23). The second-order valence-corrected chi connectivity index (χ2v) is 6.13. The monoisotopic (exact) mass is 317 g/mol. The van der Waals surface area contributed by atoms with Crippen molar-refractivity contribution in [1.29, 1.82) is 0 Å². The molecule has 8 nitrogen and oxygen atoms in total. The number of hydrogen-bond donors (Lipinski definition) is 2. The van der Waals surface area contributed by atoms with Gasteiger partial charge in [0.1, 0.15) is 12.1 Å². The van der Waals surface area contributed by atoms with Crippen molar-refractivity contribution >= 4 is 22.9 Å². The zero-order valence-corrected chi connectivity index (χ0v) is 13.6. The minimum Gasteiger partial charge on any atom is -0.336 e. The van der Waals surface area contributed by atoms with Crippen molar-refractivity contribution in [2.75, 3.05) is 25.0 Å². The van der Waals surface area contributed by atoms with Crippen LogP contribution in [0.3, 0.4) is 0 Å². The van der Waals surface area contributed by atoms with Crippen LogP contribution >= 0.6 is 0 Å². The lowest BCUT2D eigenvalue weighted by atomic mass is 10.4. The molecule has 1 aliphatic rings. The number of hydrogen-bond acceptors (Lipinski definition) is 5. The first kappa shape index (κ1) is 15.7. The Morgan fingerprint density at radius 1 is 1.26 bits per heavy atom. The number of carbonyl (C=O) groups is 1. The average Bonchev–Trinajstić information content (AvgIpc) is 3.14. The molecule has 0 aromatic carbocycles. The Kier molecular flexibility index (Phi) is 4.71. The number of aromatic nitrogens is 4. The quantitative estimate of drug-likeness (QED) is 0.871. The summed E-state index contributed by atoms with van der Waals surface area (Å²) in [5.74, 6) is 0.487. The summed E-state index contributed by atoms with van der Waals surface area (Å²) >= 11 is 0. The third-order valence-electron chi connectivity index (χ3n) is 3.91. The van der Waals surface area contributed by atoms with Crippen LogP contribution in [0.15, 0.2) is 12.5 Å². The highest BCUT2D eigenvalue weighted by molar-refractivity contribution is 5.97. The Balaban J connectivity index is 1.72. The van der Waals surface area contributed by atoms with Gasteiger partial charge in [-0.15, -0.1) is 0 Å². The Hall–Kier alpha value is -2.22. The van der Waals surface area contributed by atoms with Crippen molar-refractivity contribution in [3.8, 4) is 0 Å². The van der Waals surface area contributed by atoms with E-state index in [0.717, 1.165) is 37.2 Å². The highest BCUT2D eigenvalue weighted by Gasteiger charge is 2.15. The van der Waals surface area contributed by atoms with Gasteiger partial charge in [-0.2, -0.15) is 5.10 Å². The fraction of sp³-hybridized carbons (Fsp3) is 0.600. The summed E-state index contributed by atoms with van der Waals surface area (Å²) < 4.78 is 1.88. The Morgan fingerprint density at radius 3 is 2.78 bits per heavy atom. The molecule has 2 amide bonds. The topological polar surface area (TPSA) is 88.0 Å². The molecule has 23 heavy (non-hydrogen) atoms. The van der Waals surface area contributed by atoms with Crippen LogP contribution in [-0.4, -0.2) is 56.4 Å². The molecule has 0 bridgehead atoms. The van der Waals surface area contributed by atoms with Gasteiger partial charge in [-0.25, -0.2) is 19.4 Å². The van der Waals surface area contributed by atoms with Crippen LogP contribution in [0.4, 0.5) is 10.6 Å². The zero-order valence-electron chi connectivity index (χ0n) is 13.6. The number of fused-ring (bicyclic) bond motifs is 1. The SMILES string of the molecule is CC(C)NC(=O)Nc1ncnc2c1cnn2CCN1CCCC1. The van der Waals surface area contributed by atoms with Gasteiger partial charge in [-0.05, 0) is 39.8 Å². The van der Waals surface area contributed by atoms with E-state index in [-0.39, 0.29) is 12.1 Å². The lowest BCUT2D eigenvalue weighted by molar-refractivity contribution is 0.250. The average molecular weight is 317 g/mol. The first-order valence-corrected chi connectivity index (χ1v) is 8.10. The van der Waals surface area contributed by atoms with E-state index in [1.165, 1.54) is 19.2 Å². The van der Waals surface area contributed by atoms with Crippen LogP contribution < -0.4 is 10.6 Å². The largest absolute Gasteiger partial charge is 0.336 e. The molecule has 0 radical (unpaired) electrons. The van der Waals surface area contributed by atoms with Gasteiger partial charge < -0.3 is 10.2 Å². The number of rotatable bonds is 5. The Labute approximate surface area is 135 Å². The molecule has 8 heteroatoms. The zero-order chi connectivity index (χ0) is 16.2. The van der Waals surface area contributed by atoms with Crippen LogP contribution in [0, 0.1) is 0 Å². The molecule has 2 aromatic heterocycles. The summed E-state index contributed by atoms with van der Waals surface area (Å²) in [6, 6.07) is -0.208. The normalized spacial score (nSPS) is 15.4. The van der Waals surface area contributed by atoms with Gasteiger partial charge in [0.15, 0.2) is 5.65 Å². The highest BCUT2D eigenvalue weighted by atomic mass is 16.2.